The number of esters is 1. The van der Waals surface area contributed by atoms with Gasteiger partial charge in [-0.1, -0.05) is 43.6 Å². The van der Waals surface area contributed by atoms with Crippen LogP contribution in [-0.2, 0) is 20.9 Å². The van der Waals surface area contributed by atoms with Gasteiger partial charge in [0.2, 0.25) is 0 Å². The molecular formula is C22H28ClN3O3. The highest BCUT2D eigenvalue weighted by molar-refractivity contribution is 6.31. The Morgan fingerprint density at radius 1 is 1.28 bits per heavy atom. The molecule has 0 atom stereocenters. The van der Waals surface area contributed by atoms with Gasteiger partial charge in [0.15, 0.2) is 6.61 Å². The third kappa shape index (κ3) is 7.06. The van der Waals surface area contributed by atoms with E-state index < -0.39 is 5.97 Å². The maximum atomic E-state index is 11.9. The fourth-order valence-corrected chi connectivity index (χ4v) is 2.98. The molecule has 0 aliphatic heterocycles. The summed E-state index contributed by atoms with van der Waals surface area (Å²) in [5.41, 5.74) is 3.52. The number of ether oxygens (including phenoxy) is 1. The molecule has 0 saturated carbocycles. The van der Waals surface area contributed by atoms with Gasteiger partial charge in [-0.05, 0) is 43.9 Å². The summed E-state index contributed by atoms with van der Waals surface area (Å²) in [5.74, 6) is -0.361. The maximum absolute atomic E-state index is 11.9. The molecule has 0 aliphatic carbocycles. The predicted molar refractivity (Wildman–Crippen MR) is 115 cm³/mol. The van der Waals surface area contributed by atoms with Crippen molar-refractivity contribution in [2.75, 3.05) is 13.2 Å². The van der Waals surface area contributed by atoms with Gasteiger partial charge in [-0.15, -0.1) is 0 Å². The van der Waals surface area contributed by atoms with Gasteiger partial charge in [-0.25, -0.2) is 4.79 Å². The van der Waals surface area contributed by atoms with Crippen LogP contribution in [0.2, 0.25) is 5.02 Å². The number of hydrogen-bond acceptors (Lipinski definition) is 4. The molecule has 156 valence electrons. The fourth-order valence-electron chi connectivity index (χ4n) is 2.78. The number of nitrogens with one attached hydrogen (secondary N) is 1. The normalized spacial score (nSPS) is 11.2. The largest absolute Gasteiger partial charge is 0.452 e. The molecule has 1 aromatic heterocycles. The SMILES string of the molecule is Cc1nn(Cc2ccccc2Cl)c(C)c1/C=C/C(=O)OCC(=O)NCCC(C)C. The van der Waals surface area contributed by atoms with E-state index in [2.05, 4.69) is 24.3 Å². The van der Waals surface area contributed by atoms with E-state index in [4.69, 9.17) is 16.3 Å². The number of halogens is 1. The molecular weight excluding hydrogens is 390 g/mol. The van der Waals surface area contributed by atoms with Crippen molar-refractivity contribution < 1.29 is 14.3 Å². The van der Waals surface area contributed by atoms with E-state index in [-0.39, 0.29) is 12.5 Å². The van der Waals surface area contributed by atoms with Gasteiger partial charge in [0, 0.05) is 28.9 Å². The van der Waals surface area contributed by atoms with E-state index in [0.717, 1.165) is 28.9 Å². The monoisotopic (exact) mass is 417 g/mol. The second-order valence-corrected chi connectivity index (χ2v) is 7.71. The molecule has 0 spiro atoms. The van der Waals surface area contributed by atoms with E-state index >= 15 is 0 Å². The van der Waals surface area contributed by atoms with E-state index in [1.807, 2.05) is 42.8 Å². The highest BCUT2D eigenvalue weighted by atomic mass is 35.5. The number of aryl methyl sites for hydroxylation is 1. The van der Waals surface area contributed by atoms with Crippen LogP contribution in [0.5, 0.6) is 0 Å². The molecule has 29 heavy (non-hydrogen) atoms. The quantitative estimate of drug-likeness (QED) is 0.495. The lowest BCUT2D eigenvalue weighted by atomic mass is 10.1. The van der Waals surface area contributed by atoms with Gasteiger partial charge in [0.05, 0.1) is 12.2 Å². The van der Waals surface area contributed by atoms with Crippen LogP contribution in [0.15, 0.2) is 30.3 Å². The van der Waals surface area contributed by atoms with Crippen LogP contribution < -0.4 is 5.32 Å². The molecule has 0 aliphatic rings. The van der Waals surface area contributed by atoms with E-state index in [0.29, 0.717) is 24.0 Å². The number of hydrogen-bond donors (Lipinski definition) is 1. The molecule has 0 bridgehead atoms. The topological polar surface area (TPSA) is 73.2 Å². The summed E-state index contributed by atoms with van der Waals surface area (Å²) >= 11 is 6.23. The Bertz CT molecular complexity index is 887. The lowest BCUT2D eigenvalue weighted by molar-refractivity contribution is -0.143. The Kier molecular flexibility index (Phi) is 8.46. The first-order valence-corrected chi connectivity index (χ1v) is 10.0. The molecule has 2 rings (SSSR count). The standard InChI is InChI=1S/C22H28ClN3O3/c1-15(2)11-12-24-21(27)14-29-22(28)10-9-19-16(3)25-26(17(19)4)13-18-7-5-6-8-20(18)23/h5-10,15H,11-14H2,1-4H3,(H,24,27)/b10-9+. The zero-order valence-electron chi connectivity index (χ0n) is 17.4. The number of amides is 1. The van der Waals surface area contributed by atoms with Crippen LogP contribution in [0.4, 0.5) is 0 Å². The average Bonchev–Trinajstić information content (AvgIpc) is 2.93. The van der Waals surface area contributed by atoms with Gasteiger partial charge >= 0.3 is 5.97 Å². The first kappa shape index (κ1) is 22.7. The number of nitrogens with zero attached hydrogens (tertiary/aromatic N) is 2. The van der Waals surface area contributed by atoms with Crippen molar-refractivity contribution in [1.29, 1.82) is 0 Å². The Morgan fingerprint density at radius 3 is 2.69 bits per heavy atom. The second kappa shape index (κ2) is 10.8. The van der Waals surface area contributed by atoms with Crippen LogP contribution >= 0.6 is 11.6 Å². The summed E-state index contributed by atoms with van der Waals surface area (Å²) in [5, 5.41) is 7.95. The first-order valence-electron chi connectivity index (χ1n) is 9.67. The van der Waals surface area contributed by atoms with Crippen molar-refractivity contribution in [2.45, 2.75) is 40.7 Å². The van der Waals surface area contributed by atoms with Gasteiger partial charge in [-0.2, -0.15) is 5.10 Å². The Labute approximate surface area is 176 Å². The molecule has 0 radical (unpaired) electrons. The number of benzene rings is 1. The summed E-state index contributed by atoms with van der Waals surface area (Å²) in [6.45, 7) is 8.81. The minimum atomic E-state index is -0.568. The molecule has 0 fully saturated rings. The van der Waals surface area contributed by atoms with Crippen molar-refractivity contribution in [1.82, 2.24) is 15.1 Å². The maximum Gasteiger partial charge on any atom is 0.331 e. The van der Waals surface area contributed by atoms with Crippen molar-refractivity contribution in [3.05, 3.63) is 57.9 Å². The Hall–Kier alpha value is -2.60. The van der Waals surface area contributed by atoms with Crippen LogP contribution in [0.3, 0.4) is 0 Å². The molecule has 2 aromatic rings. The number of aromatic nitrogens is 2. The minimum Gasteiger partial charge on any atom is -0.452 e. The number of rotatable bonds is 9. The lowest BCUT2D eigenvalue weighted by Gasteiger charge is -2.07. The molecule has 0 unspecified atom stereocenters. The van der Waals surface area contributed by atoms with Crippen molar-refractivity contribution in [2.24, 2.45) is 5.92 Å². The van der Waals surface area contributed by atoms with Gasteiger partial charge in [0.1, 0.15) is 0 Å². The average molecular weight is 418 g/mol. The van der Waals surface area contributed by atoms with Crippen molar-refractivity contribution in [3.8, 4) is 0 Å². The zero-order chi connectivity index (χ0) is 21.4. The van der Waals surface area contributed by atoms with Crippen LogP contribution in [0, 0.1) is 19.8 Å². The lowest BCUT2D eigenvalue weighted by Crippen LogP contribution is -2.29. The summed E-state index contributed by atoms with van der Waals surface area (Å²) in [4.78, 5) is 23.6. The van der Waals surface area contributed by atoms with Gasteiger partial charge in [0.25, 0.3) is 5.91 Å². The Balaban J connectivity index is 1.93. The minimum absolute atomic E-state index is 0.287. The number of carbonyl (C=O) groups excluding carboxylic acids is 2. The third-order valence-corrected chi connectivity index (χ3v) is 4.86. The first-order chi connectivity index (χ1) is 13.8. The van der Waals surface area contributed by atoms with Crippen LogP contribution in [0.1, 0.15) is 42.8 Å². The number of carbonyl (C=O) groups is 2. The molecule has 6 nitrogen and oxygen atoms in total. The van der Waals surface area contributed by atoms with E-state index in [1.165, 1.54) is 6.08 Å². The summed E-state index contributed by atoms with van der Waals surface area (Å²) in [6, 6.07) is 7.62. The fraction of sp³-hybridized carbons (Fsp3) is 0.409. The molecule has 1 amide bonds. The highest BCUT2D eigenvalue weighted by Gasteiger charge is 2.12. The summed E-state index contributed by atoms with van der Waals surface area (Å²) < 4.78 is 6.85. The highest BCUT2D eigenvalue weighted by Crippen LogP contribution is 2.20. The second-order valence-electron chi connectivity index (χ2n) is 7.31. The van der Waals surface area contributed by atoms with Crippen molar-refractivity contribution >= 4 is 29.6 Å². The molecule has 1 aromatic carbocycles. The molecule has 0 saturated heterocycles. The van der Waals surface area contributed by atoms with Crippen molar-refractivity contribution in [3.63, 3.8) is 0 Å². The molecule has 7 heteroatoms. The Morgan fingerprint density at radius 2 is 2.00 bits per heavy atom. The summed E-state index contributed by atoms with van der Waals surface area (Å²) in [6.07, 6.45) is 3.87. The van der Waals surface area contributed by atoms with Crippen LogP contribution in [0.25, 0.3) is 6.08 Å². The molecule has 1 N–H and O–H groups in total. The summed E-state index contributed by atoms with van der Waals surface area (Å²) in [7, 11) is 0. The smallest absolute Gasteiger partial charge is 0.331 e. The zero-order valence-corrected chi connectivity index (χ0v) is 18.1. The predicted octanol–water partition coefficient (Wildman–Crippen LogP) is 3.92. The van der Waals surface area contributed by atoms with Crippen LogP contribution in [-0.4, -0.2) is 34.8 Å². The van der Waals surface area contributed by atoms with E-state index in [1.54, 1.807) is 6.08 Å². The third-order valence-electron chi connectivity index (χ3n) is 4.49. The molecule has 1 heterocycles. The van der Waals surface area contributed by atoms with Gasteiger partial charge < -0.3 is 10.1 Å². The van der Waals surface area contributed by atoms with Gasteiger partial charge in [-0.3, -0.25) is 9.48 Å². The van der Waals surface area contributed by atoms with E-state index in [9.17, 15) is 9.59 Å².